The topological polar surface area (TPSA) is 29.5 Å². The molecule has 0 aromatic heterocycles. The van der Waals surface area contributed by atoms with E-state index in [1.807, 2.05) is 13.8 Å². The molecule has 0 aliphatic heterocycles. The van der Waals surface area contributed by atoms with Crippen molar-refractivity contribution in [1.29, 1.82) is 0 Å². The highest BCUT2D eigenvalue weighted by atomic mass is 32.1. The van der Waals surface area contributed by atoms with Gasteiger partial charge in [-0.2, -0.15) is 0 Å². The molecule has 0 bridgehead atoms. The summed E-state index contributed by atoms with van der Waals surface area (Å²) in [5, 5.41) is 0. The summed E-state index contributed by atoms with van der Waals surface area (Å²) in [4.78, 5) is 10.7. The van der Waals surface area contributed by atoms with E-state index in [4.69, 9.17) is 4.74 Å². The molecule has 0 heterocycles. The first-order valence-electron chi connectivity index (χ1n) is 3.13. The van der Waals surface area contributed by atoms with Gasteiger partial charge >= 0.3 is 6.09 Å². The van der Waals surface area contributed by atoms with E-state index in [1.165, 1.54) is 7.05 Å². The Balaban J connectivity index is 3.40. The predicted octanol–water partition coefficient (Wildman–Crippen LogP) is 1.56. The summed E-state index contributed by atoms with van der Waals surface area (Å²) in [6, 6.07) is 0. The van der Waals surface area contributed by atoms with E-state index in [1.54, 1.807) is 0 Å². The monoisotopic (exact) mass is 163 g/mol. The fourth-order valence-electron chi connectivity index (χ4n) is 0.331. The molecule has 0 fully saturated rings. The van der Waals surface area contributed by atoms with E-state index in [-0.39, 0.29) is 0 Å². The van der Waals surface area contributed by atoms with Gasteiger partial charge in [0.2, 0.25) is 0 Å². The second-order valence-electron chi connectivity index (χ2n) is 2.49. The van der Waals surface area contributed by atoms with Crippen molar-refractivity contribution in [3.8, 4) is 0 Å². The predicted molar refractivity (Wildman–Crippen MR) is 42.9 cm³/mol. The molecule has 0 aliphatic carbocycles. The van der Waals surface area contributed by atoms with Crippen molar-refractivity contribution >= 4 is 18.9 Å². The van der Waals surface area contributed by atoms with Gasteiger partial charge in [-0.1, -0.05) is 26.7 Å². The number of ether oxygens (including phenoxy) is 1. The number of hydrogen-bond acceptors (Lipinski definition) is 3. The lowest BCUT2D eigenvalue weighted by molar-refractivity contribution is 0.120. The fourth-order valence-corrected chi connectivity index (χ4v) is 0.389. The van der Waals surface area contributed by atoms with Gasteiger partial charge in [0.25, 0.3) is 0 Å². The van der Waals surface area contributed by atoms with Gasteiger partial charge < -0.3 is 4.74 Å². The summed E-state index contributed by atoms with van der Waals surface area (Å²) < 4.78 is 5.89. The number of thiol groups is 1. The quantitative estimate of drug-likeness (QED) is 0.626. The Morgan fingerprint density at radius 3 is 2.50 bits per heavy atom. The van der Waals surface area contributed by atoms with Crippen LogP contribution in [0.3, 0.4) is 0 Å². The van der Waals surface area contributed by atoms with Crippen LogP contribution in [0.25, 0.3) is 0 Å². The lowest BCUT2D eigenvalue weighted by Crippen LogP contribution is -2.19. The van der Waals surface area contributed by atoms with Crippen LogP contribution in [-0.2, 0) is 4.74 Å². The van der Waals surface area contributed by atoms with Gasteiger partial charge in [0.1, 0.15) is 0 Å². The third kappa shape index (κ3) is 4.49. The molecule has 60 valence electrons. The molecule has 0 rings (SSSR count). The molecule has 0 spiro atoms. The van der Waals surface area contributed by atoms with Gasteiger partial charge in [-0.3, -0.25) is 4.31 Å². The summed E-state index contributed by atoms with van der Waals surface area (Å²) in [7, 11) is 1.53. The molecule has 0 saturated heterocycles. The molecule has 4 heteroatoms. The summed E-state index contributed by atoms with van der Waals surface area (Å²) in [5.74, 6) is 0.372. The van der Waals surface area contributed by atoms with Crippen molar-refractivity contribution in [2.75, 3.05) is 13.7 Å². The maximum Gasteiger partial charge on any atom is 0.419 e. The van der Waals surface area contributed by atoms with Crippen LogP contribution < -0.4 is 0 Å². The highest BCUT2D eigenvalue weighted by Crippen LogP contribution is 1.97. The van der Waals surface area contributed by atoms with Crippen LogP contribution in [0.2, 0.25) is 0 Å². The molecule has 0 aromatic carbocycles. The SMILES string of the molecule is CC(C)COC(=O)N(C)S. The minimum atomic E-state index is -0.406. The normalized spacial score (nSPS) is 9.70. The molecule has 0 radical (unpaired) electrons. The number of carbonyl (C=O) groups excluding carboxylic acids is 1. The standard InChI is InChI=1S/C6H13NO2S/c1-5(2)4-9-6(8)7(3)10/h5,10H,4H2,1-3H3. The Kier molecular flexibility index (Phi) is 4.27. The van der Waals surface area contributed by atoms with Crippen LogP contribution in [0.5, 0.6) is 0 Å². The Morgan fingerprint density at radius 1 is 1.70 bits per heavy atom. The largest absolute Gasteiger partial charge is 0.449 e. The van der Waals surface area contributed by atoms with Crippen LogP contribution in [0.4, 0.5) is 4.79 Å². The maximum atomic E-state index is 10.7. The molecule has 1 amide bonds. The van der Waals surface area contributed by atoms with Crippen molar-refractivity contribution in [2.24, 2.45) is 5.92 Å². The molecule has 10 heavy (non-hydrogen) atoms. The number of carbonyl (C=O) groups is 1. The van der Waals surface area contributed by atoms with E-state index >= 15 is 0 Å². The van der Waals surface area contributed by atoms with Crippen LogP contribution in [-0.4, -0.2) is 24.1 Å². The first kappa shape index (κ1) is 9.62. The van der Waals surface area contributed by atoms with Gasteiger partial charge in [-0.05, 0) is 5.92 Å². The average Bonchev–Trinajstić information content (AvgIpc) is 1.82. The van der Waals surface area contributed by atoms with E-state index in [9.17, 15) is 4.79 Å². The molecule has 0 atom stereocenters. The van der Waals surface area contributed by atoms with Crippen LogP contribution >= 0.6 is 12.8 Å². The van der Waals surface area contributed by atoms with Gasteiger partial charge in [-0.25, -0.2) is 4.79 Å². The Labute approximate surface area is 66.9 Å². The molecule has 0 saturated carbocycles. The van der Waals surface area contributed by atoms with Crippen LogP contribution in [0.1, 0.15) is 13.8 Å². The minimum absolute atomic E-state index is 0.372. The second-order valence-corrected chi connectivity index (χ2v) is 3.09. The summed E-state index contributed by atoms with van der Waals surface area (Å²) in [5.41, 5.74) is 0. The van der Waals surface area contributed by atoms with Gasteiger partial charge in [0.15, 0.2) is 0 Å². The van der Waals surface area contributed by atoms with Crippen LogP contribution in [0, 0.1) is 5.92 Å². The third-order valence-corrected chi connectivity index (χ3v) is 0.968. The number of hydrogen-bond donors (Lipinski definition) is 1. The first-order valence-corrected chi connectivity index (χ1v) is 3.53. The summed E-state index contributed by atoms with van der Waals surface area (Å²) >= 11 is 3.75. The fraction of sp³-hybridized carbons (Fsp3) is 0.833. The highest BCUT2D eigenvalue weighted by molar-refractivity contribution is 7.78. The lowest BCUT2D eigenvalue weighted by Gasteiger charge is -2.10. The molecule has 0 aromatic rings. The van der Waals surface area contributed by atoms with Gasteiger partial charge in [0.05, 0.1) is 6.61 Å². The molecular formula is C6H13NO2S. The maximum absolute atomic E-state index is 10.7. The van der Waals surface area contributed by atoms with Gasteiger partial charge in [-0.15, -0.1) is 0 Å². The number of amides is 1. The zero-order valence-electron chi connectivity index (χ0n) is 6.50. The van der Waals surface area contributed by atoms with Crippen LogP contribution in [0.15, 0.2) is 0 Å². The third-order valence-electron chi connectivity index (χ3n) is 0.804. The zero-order valence-corrected chi connectivity index (χ0v) is 7.39. The number of rotatable bonds is 2. The molecular weight excluding hydrogens is 150 g/mol. The molecule has 3 nitrogen and oxygen atoms in total. The van der Waals surface area contributed by atoms with E-state index < -0.39 is 6.09 Å². The summed E-state index contributed by atoms with van der Waals surface area (Å²) in [6.45, 7) is 4.40. The van der Waals surface area contributed by atoms with E-state index in [2.05, 4.69) is 12.8 Å². The van der Waals surface area contributed by atoms with Crippen molar-refractivity contribution in [2.45, 2.75) is 13.8 Å². The van der Waals surface area contributed by atoms with E-state index in [0.29, 0.717) is 12.5 Å². The van der Waals surface area contributed by atoms with Crippen molar-refractivity contribution in [3.63, 3.8) is 0 Å². The Morgan fingerprint density at radius 2 is 2.20 bits per heavy atom. The molecule has 0 N–H and O–H groups in total. The Hall–Kier alpha value is -0.380. The molecule has 0 aliphatic rings. The van der Waals surface area contributed by atoms with Crippen molar-refractivity contribution < 1.29 is 9.53 Å². The lowest BCUT2D eigenvalue weighted by atomic mass is 10.2. The average molecular weight is 163 g/mol. The Bertz CT molecular complexity index is 114. The number of nitrogens with zero attached hydrogens (tertiary/aromatic N) is 1. The zero-order chi connectivity index (χ0) is 8.15. The van der Waals surface area contributed by atoms with Gasteiger partial charge in [0, 0.05) is 7.05 Å². The smallest absolute Gasteiger partial charge is 0.419 e. The van der Waals surface area contributed by atoms with E-state index in [0.717, 1.165) is 4.31 Å². The molecule has 0 unspecified atom stereocenters. The second kappa shape index (κ2) is 4.44. The van der Waals surface area contributed by atoms with Crippen molar-refractivity contribution in [1.82, 2.24) is 4.31 Å². The minimum Gasteiger partial charge on any atom is -0.449 e. The van der Waals surface area contributed by atoms with Crippen molar-refractivity contribution in [3.05, 3.63) is 0 Å². The summed E-state index contributed by atoms with van der Waals surface area (Å²) in [6.07, 6.45) is -0.406. The highest BCUT2D eigenvalue weighted by Gasteiger charge is 2.05. The first-order chi connectivity index (χ1) is 4.54.